The number of halogens is 1. The molecule has 1 aromatic heterocycles. The first-order valence-electron chi connectivity index (χ1n) is 10.0. The number of hydrogen-bond donors (Lipinski definition) is 1. The number of benzene rings is 2. The molecule has 0 atom stereocenters. The van der Waals surface area contributed by atoms with Crippen molar-refractivity contribution < 1.29 is 4.79 Å². The number of nitrogens with zero attached hydrogens (tertiary/aromatic N) is 4. The number of rotatable bonds is 3. The van der Waals surface area contributed by atoms with E-state index in [-0.39, 0.29) is 11.6 Å². The molecule has 30 heavy (non-hydrogen) atoms. The number of para-hydroxylation sites is 2. The van der Waals surface area contributed by atoms with Crippen LogP contribution in [0.4, 0.5) is 16.3 Å². The minimum absolute atomic E-state index is 0.0839. The third-order valence-electron chi connectivity index (χ3n) is 5.43. The maximum absolute atomic E-state index is 13.0. The first kappa shape index (κ1) is 20.4. The zero-order valence-electron chi connectivity index (χ0n) is 17.1. The summed E-state index contributed by atoms with van der Waals surface area (Å²) in [5.41, 5.74) is 3.40. The third-order valence-corrected chi connectivity index (χ3v) is 6.32. The highest BCUT2D eigenvalue weighted by atomic mass is 79.9. The number of anilines is 2. The lowest BCUT2D eigenvalue weighted by Gasteiger charge is -2.35. The van der Waals surface area contributed by atoms with Gasteiger partial charge < -0.3 is 19.7 Å². The van der Waals surface area contributed by atoms with Crippen molar-refractivity contribution in [3.63, 3.8) is 0 Å². The molecule has 0 radical (unpaired) electrons. The Morgan fingerprint density at radius 3 is 2.57 bits per heavy atom. The number of aromatic nitrogens is 2. The van der Waals surface area contributed by atoms with Gasteiger partial charge in [0.2, 0.25) is 0 Å². The molecule has 2 amide bonds. The highest BCUT2D eigenvalue weighted by molar-refractivity contribution is 9.10. The van der Waals surface area contributed by atoms with Gasteiger partial charge in [0.1, 0.15) is 0 Å². The number of fused-ring (bicyclic) bond motifs is 1. The summed E-state index contributed by atoms with van der Waals surface area (Å²) >= 11 is 3.47. The third kappa shape index (κ3) is 3.92. The highest BCUT2D eigenvalue weighted by Crippen LogP contribution is 2.21. The number of carbonyl (C=O) groups is 1. The molecule has 156 valence electrons. The van der Waals surface area contributed by atoms with Gasteiger partial charge in [0.25, 0.3) is 5.56 Å². The highest BCUT2D eigenvalue weighted by Gasteiger charge is 2.24. The van der Waals surface area contributed by atoms with Crippen LogP contribution >= 0.6 is 15.9 Å². The van der Waals surface area contributed by atoms with Crippen LogP contribution in [0.2, 0.25) is 0 Å². The molecule has 0 saturated carbocycles. The lowest BCUT2D eigenvalue weighted by atomic mass is 10.2. The van der Waals surface area contributed by atoms with Gasteiger partial charge in [0.05, 0.1) is 11.0 Å². The summed E-state index contributed by atoms with van der Waals surface area (Å²) in [4.78, 5) is 34.0. The molecule has 1 N–H and O–H groups in total. The normalized spacial score (nSPS) is 14.2. The molecule has 1 aliphatic heterocycles. The van der Waals surface area contributed by atoms with Gasteiger partial charge in [0.15, 0.2) is 5.82 Å². The topological polar surface area (TPSA) is 70.5 Å². The quantitative estimate of drug-likeness (QED) is 0.632. The number of piperazine rings is 1. The van der Waals surface area contributed by atoms with E-state index in [1.165, 1.54) is 0 Å². The van der Waals surface area contributed by atoms with Gasteiger partial charge in [0, 0.05) is 42.9 Å². The van der Waals surface area contributed by atoms with E-state index in [4.69, 9.17) is 0 Å². The number of urea groups is 1. The van der Waals surface area contributed by atoms with Crippen LogP contribution < -0.4 is 15.8 Å². The Morgan fingerprint density at radius 1 is 1.13 bits per heavy atom. The van der Waals surface area contributed by atoms with Gasteiger partial charge >= 0.3 is 6.03 Å². The molecule has 1 fully saturated rings. The zero-order chi connectivity index (χ0) is 21.3. The van der Waals surface area contributed by atoms with Gasteiger partial charge in [-0.15, -0.1) is 0 Å². The Hall–Kier alpha value is -2.87. The average molecular weight is 470 g/mol. The number of carbonyl (C=O) groups excluding carboxylic acids is 1. The molecule has 4 rings (SSSR count). The molecule has 3 aromatic rings. The van der Waals surface area contributed by atoms with E-state index >= 15 is 0 Å². The predicted molar refractivity (Wildman–Crippen MR) is 123 cm³/mol. The van der Waals surface area contributed by atoms with Crippen LogP contribution in [0.5, 0.6) is 0 Å². The van der Waals surface area contributed by atoms with Crippen LogP contribution in [0, 0.1) is 6.92 Å². The monoisotopic (exact) mass is 469 g/mol. The second kappa shape index (κ2) is 8.47. The van der Waals surface area contributed by atoms with Crippen LogP contribution in [-0.4, -0.2) is 46.7 Å². The van der Waals surface area contributed by atoms with Crippen molar-refractivity contribution in [2.45, 2.75) is 20.4 Å². The summed E-state index contributed by atoms with van der Waals surface area (Å²) in [6.45, 7) is 6.72. The predicted octanol–water partition coefficient (Wildman–Crippen LogP) is 3.84. The second-order valence-corrected chi connectivity index (χ2v) is 8.20. The van der Waals surface area contributed by atoms with E-state index in [2.05, 4.69) is 26.2 Å². The molecule has 0 bridgehead atoms. The first-order valence-corrected chi connectivity index (χ1v) is 10.8. The van der Waals surface area contributed by atoms with Crippen molar-refractivity contribution in [1.29, 1.82) is 0 Å². The summed E-state index contributed by atoms with van der Waals surface area (Å²) in [5, 5.41) is 2.95. The van der Waals surface area contributed by atoms with E-state index < -0.39 is 0 Å². The lowest BCUT2D eigenvalue weighted by molar-refractivity contribution is 0.208. The van der Waals surface area contributed by atoms with Gasteiger partial charge in [-0.05, 0) is 49.7 Å². The fourth-order valence-corrected chi connectivity index (χ4v) is 3.99. The Morgan fingerprint density at radius 2 is 1.87 bits per heavy atom. The number of nitrogens with one attached hydrogen (secondary N) is 1. The fraction of sp³-hybridized carbons (Fsp3) is 0.318. The first-order chi connectivity index (χ1) is 14.5. The lowest BCUT2D eigenvalue weighted by Crippen LogP contribution is -2.51. The fourth-order valence-electron chi connectivity index (χ4n) is 3.75. The number of aryl methyl sites for hydroxylation is 2. The second-order valence-electron chi connectivity index (χ2n) is 7.34. The molecular formula is C22H24BrN5O2. The Bertz CT molecular complexity index is 1150. The van der Waals surface area contributed by atoms with Crippen LogP contribution in [0.25, 0.3) is 11.0 Å². The molecule has 1 saturated heterocycles. The standard InChI is InChI=1S/C22H24BrN5O2/c1-3-28-19-7-5-4-6-18(19)25-20(21(28)29)26-10-12-27(13-11-26)22(30)24-16-8-9-17(23)15(2)14-16/h4-9,14H,3,10-13H2,1-2H3,(H,24,30). The molecule has 2 aromatic carbocycles. The van der Waals surface area contributed by atoms with Crippen molar-refractivity contribution >= 4 is 44.5 Å². The van der Waals surface area contributed by atoms with Crippen molar-refractivity contribution in [3.8, 4) is 0 Å². The molecular weight excluding hydrogens is 446 g/mol. The van der Waals surface area contributed by atoms with Gasteiger partial charge in [-0.3, -0.25) is 4.79 Å². The summed E-state index contributed by atoms with van der Waals surface area (Å²) in [5.74, 6) is 0.458. The maximum atomic E-state index is 13.0. The van der Waals surface area contributed by atoms with Crippen molar-refractivity contribution in [2.75, 3.05) is 36.4 Å². The molecule has 2 heterocycles. The maximum Gasteiger partial charge on any atom is 0.321 e. The van der Waals surface area contributed by atoms with E-state index in [1.807, 2.05) is 61.2 Å². The van der Waals surface area contributed by atoms with Gasteiger partial charge in [-0.1, -0.05) is 28.1 Å². The van der Waals surface area contributed by atoms with E-state index in [1.54, 1.807) is 9.47 Å². The van der Waals surface area contributed by atoms with Crippen LogP contribution in [0.3, 0.4) is 0 Å². The van der Waals surface area contributed by atoms with Gasteiger partial charge in [-0.2, -0.15) is 0 Å². The van der Waals surface area contributed by atoms with Crippen LogP contribution in [-0.2, 0) is 6.54 Å². The SMILES string of the molecule is CCn1c(=O)c(N2CCN(C(=O)Nc3ccc(Br)c(C)c3)CC2)nc2ccccc21. The Labute approximate surface area is 183 Å². The minimum Gasteiger partial charge on any atom is -0.348 e. The summed E-state index contributed by atoms with van der Waals surface area (Å²) in [6.07, 6.45) is 0. The molecule has 1 aliphatic rings. The van der Waals surface area contributed by atoms with Gasteiger partial charge in [-0.25, -0.2) is 9.78 Å². The molecule has 0 unspecified atom stereocenters. The molecule has 0 aliphatic carbocycles. The summed E-state index contributed by atoms with van der Waals surface area (Å²) in [6, 6.07) is 13.3. The zero-order valence-corrected chi connectivity index (χ0v) is 18.6. The smallest absolute Gasteiger partial charge is 0.321 e. The van der Waals surface area contributed by atoms with Crippen molar-refractivity contribution in [1.82, 2.24) is 14.5 Å². The number of hydrogen-bond acceptors (Lipinski definition) is 4. The summed E-state index contributed by atoms with van der Waals surface area (Å²) < 4.78 is 2.77. The van der Waals surface area contributed by atoms with E-state index in [9.17, 15) is 9.59 Å². The largest absolute Gasteiger partial charge is 0.348 e. The van der Waals surface area contributed by atoms with E-state index in [0.717, 1.165) is 26.8 Å². The summed E-state index contributed by atoms with van der Waals surface area (Å²) in [7, 11) is 0. The number of amides is 2. The Kier molecular flexibility index (Phi) is 5.76. The van der Waals surface area contributed by atoms with Crippen molar-refractivity contribution in [3.05, 3.63) is 62.9 Å². The molecule has 7 nitrogen and oxygen atoms in total. The average Bonchev–Trinajstić information content (AvgIpc) is 2.76. The van der Waals surface area contributed by atoms with E-state index in [0.29, 0.717) is 38.5 Å². The molecule has 0 spiro atoms. The van der Waals surface area contributed by atoms with Crippen LogP contribution in [0.1, 0.15) is 12.5 Å². The van der Waals surface area contributed by atoms with Crippen LogP contribution in [0.15, 0.2) is 51.7 Å². The molecule has 8 heteroatoms. The minimum atomic E-state index is -0.131. The Balaban J connectivity index is 1.48. The van der Waals surface area contributed by atoms with Crippen molar-refractivity contribution in [2.24, 2.45) is 0 Å².